The van der Waals surface area contributed by atoms with Crippen molar-refractivity contribution in [3.63, 3.8) is 0 Å². The molecule has 2 amide bonds. The van der Waals surface area contributed by atoms with Gasteiger partial charge in [0.15, 0.2) is 0 Å². The molecule has 0 N–H and O–H groups in total. The zero-order valence-corrected chi connectivity index (χ0v) is 14.4. The monoisotopic (exact) mass is 345 g/mol. The van der Waals surface area contributed by atoms with Crippen molar-refractivity contribution in [2.24, 2.45) is 5.92 Å². The van der Waals surface area contributed by atoms with E-state index < -0.39 is 0 Å². The third kappa shape index (κ3) is 2.47. The maximum absolute atomic E-state index is 12.9. The van der Waals surface area contributed by atoms with Gasteiger partial charge in [-0.05, 0) is 36.4 Å². The van der Waals surface area contributed by atoms with Gasteiger partial charge >= 0.3 is 0 Å². The summed E-state index contributed by atoms with van der Waals surface area (Å²) < 4.78 is 1.94. The Kier molecular flexibility index (Phi) is 3.76. The Bertz CT molecular complexity index is 816. The normalized spacial score (nSPS) is 23.8. The quantitative estimate of drug-likeness (QED) is 0.839. The fraction of sp³-hybridized carbons (Fsp3) is 0.444. The number of aromatic nitrogens is 1. The highest BCUT2D eigenvalue weighted by molar-refractivity contribution is 6.31. The van der Waals surface area contributed by atoms with Crippen molar-refractivity contribution in [2.45, 2.75) is 25.4 Å². The highest BCUT2D eigenvalue weighted by Gasteiger charge is 2.45. The van der Waals surface area contributed by atoms with Gasteiger partial charge in [0, 0.05) is 36.9 Å². The first-order valence-electron chi connectivity index (χ1n) is 8.33. The molecule has 24 heavy (non-hydrogen) atoms. The van der Waals surface area contributed by atoms with Crippen LogP contribution in [0.25, 0.3) is 10.9 Å². The van der Waals surface area contributed by atoms with E-state index in [0.29, 0.717) is 11.6 Å². The molecule has 2 saturated heterocycles. The molecule has 2 fully saturated rings. The van der Waals surface area contributed by atoms with Crippen LogP contribution in [0, 0.1) is 5.92 Å². The lowest BCUT2D eigenvalue weighted by Gasteiger charge is -2.36. The number of hydrogen-bond donors (Lipinski definition) is 0. The van der Waals surface area contributed by atoms with Crippen molar-refractivity contribution in [3.8, 4) is 0 Å². The highest BCUT2D eigenvalue weighted by Crippen LogP contribution is 2.31. The topological polar surface area (TPSA) is 45.5 Å². The summed E-state index contributed by atoms with van der Waals surface area (Å²) in [5, 5.41) is 1.73. The van der Waals surface area contributed by atoms with Crippen LogP contribution in [-0.2, 0) is 16.1 Å². The predicted octanol–water partition coefficient (Wildman–Crippen LogP) is 2.37. The smallest absolute Gasteiger partial charge is 0.242 e. The summed E-state index contributed by atoms with van der Waals surface area (Å²) in [6.07, 6.45) is 3.71. The maximum atomic E-state index is 12.9. The van der Waals surface area contributed by atoms with Gasteiger partial charge < -0.3 is 14.4 Å². The van der Waals surface area contributed by atoms with Crippen LogP contribution in [0.5, 0.6) is 0 Å². The minimum absolute atomic E-state index is 0.0224. The standard InChI is InChI=1S/C18H20ClN3O2/c1-20-10-16-14(18(20)24)3-2-7-22(16)17(23)11-21-8-6-12-4-5-13(19)9-15(12)21/h4-6,8-9,14,16H,2-3,7,10-11H2,1H3/t14-,16-/m1/s1. The second-order valence-electron chi connectivity index (χ2n) is 6.77. The van der Waals surface area contributed by atoms with Crippen molar-refractivity contribution in [3.05, 3.63) is 35.5 Å². The number of halogens is 1. The molecule has 3 heterocycles. The van der Waals surface area contributed by atoms with Crippen molar-refractivity contribution >= 4 is 34.3 Å². The number of hydrogen-bond acceptors (Lipinski definition) is 2. The van der Waals surface area contributed by atoms with Gasteiger partial charge in [-0.3, -0.25) is 9.59 Å². The summed E-state index contributed by atoms with van der Waals surface area (Å²) in [6, 6.07) is 7.71. The Balaban J connectivity index is 1.57. The summed E-state index contributed by atoms with van der Waals surface area (Å²) >= 11 is 6.09. The number of piperidine rings is 1. The number of carbonyl (C=O) groups excluding carboxylic acids is 2. The van der Waals surface area contributed by atoms with Crippen molar-refractivity contribution < 1.29 is 9.59 Å². The fourth-order valence-electron chi connectivity index (χ4n) is 4.07. The van der Waals surface area contributed by atoms with Gasteiger partial charge in [-0.2, -0.15) is 0 Å². The average molecular weight is 346 g/mol. The molecule has 2 atom stereocenters. The molecule has 0 saturated carbocycles. The average Bonchev–Trinajstić information content (AvgIpc) is 3.09. The minimum atomic E-state index is -0.0245. The van der Waals surface area contributed by atoms with E-state index in [0.717, 1.165) is 30.3 Å². The van der Waals surface area contributed by atoms with Crippen molar-refractivity contribution in [2.75, 3.05) is 20.1 Å². The Morgan fingerprint density at radius 2 is 2.17 bits per heavy atom. The lowest BCUT2D eigenvalue weighted by molar-refractivity contribution is -0.137. The summed E-state index contributed by atoms with van der Waals surface area (Å²) in [5.74, 6) is 0.226. The van der Waals surface area contributed by atoms with Crippen LogP contribution in [0.1, 0.15) is 12.8 Å². The number of amides is 2. The van der Waals surface area contributed by atoms with Gasteiger partial charge in [-0.15, -0.1) is 0 Å². The molecule has 1 aromatic heterocycles. The summed E-state index contributed by atoms with van der Waals surface area (Å²) in [4.78, 5) is 28.8. The molecule has 0 aliphatic carbocycles. The third-order valence-electron chi connectivity index (χ3n) is 5.30. The van der Waals surface area contributed by atoms with Crippen molar-refractivity contribution in [1.82, 2.24) is 14.4 Å². The molecule has 6 heteroatoms. The van der Waals surface area contributed by atoms with Crippen LogP contribution in [0.15, 0.2) is 30.5 Å². The third-order valence-corrected chi connectivity index (χ3v) is 5.53. The summed E-state index contributed by atoms with van der Waals surface area (Å²) in [6.45, 7) is 1.67. The van der Waals surface area contributed by atoms with E-state index in [9.17, 15) is 9.59 Å². The summed E-state index contributed by atoms with van der Waals surface area (Å²) in [5.41, 5.74) is 0.962. The largest absolute Gasteiger partial charge is 0.343 e. The van der Waals surface area contributed by atoms with E-state index in [2.05, 4.69) is 0 Å². The minimum Gasteiger partial charge on any atom is -0.343 e. The van der Waals surface area contributed by atoms with Gasteiger partial charge in [0.2, 0.25) is 11.8 Å². The first-order chi connectivity index (χ1) is 11.5. The van der Waals surface area contributed by atoms with Gasteiger partial charge in [0.1, 0.15) is 6.54 Å². The fourth-order valence-corrected chi connectivity index (χ4v) is 4.23. The molecule has 2 aliphatic heterocycles. The highest BCUT2D eigenvalue weighted by atomic mass is 35.5. The molecule has 2 aromatic rings. The zero-order chi connectivity index (χ0) is 16.8. The van der Waals surface area contributed by atoms with E-state index in [1.165, 1.54) is 0 Å². The van der Waals surface area contributed by atoms with Crippen molar-refractivity contribution in [1.29, 1.82) is 0 Å². The predicted molar refractivity (Wildman–Crippen MR) is 92.8 cm³/mol. The molecule has 126 valence electrons. The van der Waals surface area contributed by atoms with E-state index in [1.807, 2.05) is 47.0 Å². The Hall–Kier alpha value is -2.01. The molecule has 4 rings (SSSR count). The molecule has 0 radical (unpaired) electrons. The molecule has 0 bridgehead atoms. The molecule has 2 aliphatic rings. The Morgan fingerprint density at radius 3 is 3.00 bits per heavy atom. The second kappa shape index (κ2) is 5.81. The first-order valence-corrected chi connectivity index (χ1v) is 8.71. The summed E-state index contributed by atoms with van der Waals surface area (Å²) in [7, 11) is 1.82. The first kappa shape index (κ1) is 15.5. The molecule has 1 aromatic carbocycles. The van der Waals surface area contributed by atoms with Crippen LogP contribution in [0.3, 0.4) is 0 Å². The van der Waals surface area contributed by atoms with E-state index in [-0.39, 0.29) is 30.3 Å². The zero-order valence-electron chi connectivity index (χ0n) is 13.6. The van der Waals surface area contributed by atoms with Crippen LogP contribution in [0.4, 0.5) is 0 Å². The number of rotatable bonds is 2. The van der Waals surface area contributed by atoms with Crippen LogP contribution >= 0.6 is 11.6 Å². The molecule has 5 nitrogen and oxygen atoms in total. The van der Waals surface area contributed by atoms with Crippen LogP contribution in [-0.4, -0.2) is 52.4 Å². The van der Waals surface area contributed by atoms with Gasteiger partial charge in [-0.1, -0.05) is 17.7 Å². The Morgan fingerprint density at radius 1 is 1.33 bits per heavy atom. The van der Waals surface area contributed by atoms with Crippen LogP contribution in [0.2, 0.25) is 5.02 Å². The number of benzene rings is 1. The number of likely N-dealkylation sites (N-methyl/N-ethyl adjacent to an activating group) is 1. The number of fused-ring (bicyclic) bond motifs is 2. The number of carbonyl (C=O) groups is 2. The molecule has 0 spiro atoms. The SMILES string of the molecule is CN1C[C@@H]2[C@@H](CCCN2C(=O)Cn2ccc3ccc(Cl)cc32)C1=O. The molecule has 0 unspecified atom stereocenters. The number of nitrogens with zero attached hydrogens (tertiary/aromatic N) is 3. The van der Waals surface area contributed by atoms with Gasteiger partial charge in [0.25, 0.3) is 0 Å². The number of likely N-dealkylation sites (tertiary alicyclic amines) is 2. The van der Waals surface area contributed by atoms with Gasteiger partial charge in [0.05, 0.1) is 12.0 Å². The molecular weight excluding hydrogens is 326 g/mol. The van der Waals surface area contributed by atoms with Crippen LogP contribution < -0.4 is 0 Å². The van der Waals surface area contributed by atoms with E-state index in [1.54, 1.807) is 4.90 Å². The molecular formula is C18H20ClN3O2. The van der Waals surface area contributed by atoms with E-state index >= 15 is 0 Å². The van der Waals surface area contributed by atoms with Gasteiger partial charge in [-0.25, -0.2) is 0 Å². The lowest BCUT2D eigenvalue weighted by Crippen LogP contribution is -2.49. The second-order valence-corrected chi connectivity index (χ2v) is 7.21. The van der Waals surface area contributed by atoms with E-state index in [4.69, 9.17) is 11.6 Å². The lowest BCUT2D eigenvalue weighted by atomic mass is 9.91. The maximum Gasteiger partial charge on any atom is 0.242 e. The Labute approximate surface area is 145 Å².